The molecule has 3 unspecified atom stereocenters. The van der Waals surface area contributed by atoms with Gasteiger partial charge in [0.25, 0.3) is 0 Å². The summed E-state index contributed by atoms with van der Waals surface area (Å²) in [5.74, 6) is 4.71. The van der Waals surface area contributed by atoms with E-state index in [2.05, 4.69) is 205 Å². The minimum Gasteiger partial charge on any atom is -0.489 e. The molecule has 9 fully saturated rings. The summed E-state index contributed by atoms with van der Waals surface area (Å²) in [7, 11) is 0. The number of ether oxygens (including phenoxy) is 4. The number of rotatable bonds is 4. The molecule has 11 heterocycles. The van der Waals surface area contributed by atoms with Crippen molar-refractivity contribution in [1.82, 2.24) is 19.9 Å². The lowest BCUT2D eigenvalue weighted by molar-refractivity contribution is -0.155. The molecule has 25 atom stereocenters. The molecule has 7 aliphatic heterocycles. The summed E-state index contributed by atoms with van der Waals surface area (Å²) in [6, 6.07) is 35.0. The molecule has 19 aliphatic rings. The standard InChI is InChI=1S/C28H32N2O3.C28H30N2O3.C28H30N2O.C26H27NO2/c2*1-26-8-6-19-13-21-24(31)25(32)22(29)14-27(21)9-10-28(19,33-27)23(26)5-4-20(26)17-3-2-16-7-11-30-15-18(16)12-17;1-26-10-8-22-15-21-4-5-23(29)16-27(21)11-12-28(22,31-27)25(26)7-6-24(26)19-3-2-18-9-13-30-17-20(18)14-19;1-26-11-9-18-14-20-23(28)3-2-4-24(20)29-25(18)22(26)8-7-21(26)17-6-5-16-10-12-27-15-19(16)13-17/h2-3,6-7,11-13,15,20,22-25,31-32H,4-5,8-10,14,29H2,1H3;2-4,6-7,11-13,15,22-25,31-32H,5,8-10,14,29H2,1H3;2-5,8-9,13-15,17,23-25H,6-7,10-12,16,29H2,1H3;5-6,10,12-15,21-22,25H,2-4,7-9,11H2,1H3/t20-,22+,23-,24-,25-,26-,27-,28?;22-,23+,24+,25+,26+,27+,28?;23-,24-,25-,26-,27-,28?;21-,22+,25-,26-/m1011/s1. The van der Waals surface area contributed by atoms with Crippen molar-refractivity contribution >= 4 is 54.4 Å². The number of aliphatic hydroxyl groups is 4. The van der Waals surface area contributed by atoms with E-state index in [1.54, 1.807) is 0 Å². The van der Waals surface area contributed by atoms with Gasteiger partial charge in [-0.25, -0.2) is 0 Å². The zero-order chi connectivity index (χ0) is 85.6. The number of aromatic nitrogens is 4. The molecule has 10 N–H and O–H groups in total. The molecule has 6 bridgehead atoms. The minimum absolute atomic E-state index is 0.0226. The third-order valence-electron chi connectivity index (χ3n) is 37.0. The summed E-state index contributed by atoms with van der Waals surface area (Å²) in [4.78, 5) is 29.7. The lowest BCUT2D eigenvalue weighted by Crippen LogP contribution is -2.61. The van der Waals surface area contributed by atoms with Crippen molar-refractivity contribution in [3.05, 3.63) is 280 Å². The summed E-state index contributed by atoms with van der Waals surface area (Å²) in [5.41, 5.74) is 33.5. The first-order valence-corrected chi connectivity index (χ1v) is 47.6. The van der Waals surface area contributed by atoms with E-state index in [1.165, 1.54) is 131 Å². The fourth-order valence-electron chi connectivity index (χ4n) is 30.7. The lowest BCUT2D eigenvalue weighted by Gasteiger charge is -2.55. The Morgan fingerprint density at radius 1 is 0.437 bits per heavy atom. The van der Waals surface area contributed by atoms with Crippen LogP contribution in [0, 0.1) is 45.3 Å². The van der Waals surface area contributed by atoms with Gasteiger partial charge in [0.05, 0.1) is 51.4 Å². The van der Waals surface area contributed by atoms with Crippen LogP contribution in [0.15, 0.2) is 258 Å². The zero-order valence-electron chi connectivity index (χ0n) is 73.1. The van der Waals surface area contributed by atoms with Crippen molar-refractivity contribution in [2.45, 2.75) is 282 Å². The van der Waals surface area contributed by atoms with E-state index in [-0.39, 0.29) is 62.0 Å². The maximum atomic E-state index is 12.4. The maximum absolute atomic E-state index is 12.4. The van der Waals surface area contributed by atoms with Crippen LogP contribution in [0.5, 0.6) is 0 Å². The Hall–Kier alpha value is -9.01. The SMILES string of the molecule is C[C@]12CC=C3C=C4C=C[C@@H](N)C[C@]45CCC3(O5)[C@@H]1CC[C@@H]2c1ccc2ccncc2c1.C[C@]12CC=C3C=C4[C@@H](O)[C@H](O)[C@@H](N)C[C@]45CCC3(O5)[C@@H]1CC=C2c1ccc2ccncc2c1.C[C@]12CC=C3C=C4[C@@H](O)[C@H](O)[C@@H](N)C[C@]45CCC3(O5)[C@@H]1CC[C@@H]2c1ccc2ccncc2c1.C[C@]12CCC3=CC4=C(CCCC4=O)O[C@H]3[C@@H]1CC[C@@H]2c1ccc2ccncc2c1. The average Bonchev–Trinajstić information content (AvgIpc) is 1.52. The number of hydrogen-bond acceptors (Lipinski definition) is 16. The topological polar surface area (TPSA) is 265 Å². The summed E-state index contributed by atoms with van der Waals surface area (Å²) >= 11 is 0. The number of nitrogens with zero attached hydrogens (tertiary/aromatic N) is 4. The fourth-order valence-corrected chi connectivity index (χ4v) is 30.7. The Kier molecular flexibility index (Phi) is 18.3. The predicted octanol–water partition coefficient (Wildman–Crippen LogP) is 18.8. The second-order valence-corrected chi connectivity index (χ2v) is 42.9. The summed E-state index contributed by atoms with van der Waals surface area (Å²) in [5, 5.41) is 52.4. The minimum atomic E-state index is -0.956. The number of ketones is 1. The number of carbonyl (C=O) groups is 1. The van der Waals surface area contributed by atoms with Gasteiger partial charge in [-0.15, -0.1) is 0 Å². The molecule has 6 saturated carbocycles. The van der Waals surface area contributed by atoms with Gasteiger partial charge in [0.2, 0.25) is 0 Å². The number of aliphatic hydroxyl groups excluding tert-OH is 4. The van der Waals surface area contributed by atoms with Gasteiger partial charge in [-0.1, -0.05) is 131 Å². The lowest BCUT2D eigenvalue weighted by atomic mass is 9.58. The molecule has 0 radical (unpaired) electrons. The third kappa shape index (κ3) is 11.7. The van der Waals surface area contributed by atoms with Crippen LogP contribution in [0.1, 0.15) is 222 Å². The van der Waals surface area contributed by atoms with Crippen molar-refractivity contribution in [3.63, 3.8) is 0 Å². The summed E-state index contributed by atoms with van der Waals surface area (Å²) in [6.45, 7) is 9.87. The molecule has 4 aromatic heterocycles. The largest absolute Gasteiger partial charge is 0.489 e. The van der Waals surface area contributed by atoms with Crippen LogP contribution in [-0.2, 0) is 23.7 Å². The summed E-state index contributed by atoms with van der Waals surface area (Å²) in [6.07, 6.45) is 58.7. The highest BCUT2D eigenvalue weighted by atomic mass is 16.5. The van der Waals surface area contributed by atoms with Crippen LogP contribution in [0.25, 0.3) is 48.7 Å². The predicted molar refractivity (Wildman–Crippen MR) is 491 cm³/mol. The van der Waals surface area contributed by atoms with E-state index >= 15 is 0 Å². The Morgan fingerprint density at radius 3 is 1.46 bits per heavy atom. The van der Waals surface area contributed by atoms with Crippen molar-refractivity contribution < 1.29 is 44.2 Å². The Balaban J connectivity index is 0.0000000941. The number of nitrogens with two attached hydrogens (primary N) is 3. The van der Waals surface area contributed by atoms with Crippen LogP contribution in [0.2, 0.25) is 0 Å². The Morgan fingerprint density at radius 2 is 0.913 bits per heavy atom. The number of allylic oxidation sites excluding steroid dienone is 8. The van der Waals surface area contributed by atoms with E-state index in [0.29, 0.717) is 60.7 Å². The molecule has 16 nitrogen and oxygen atoms in total. The molecule has 8 aromatic rings. The Labute approximate surface area is 738 Å². The highest BCUT2D eigenvalue weighted by Crippen LogP contribution is 2.73. The fraction of sp³-hybridized carbons (Fsp3) is 0.482. The normalized spacial score (nSPS) is 41.5. The van der Waals surface area contributed by atoms with E-state index in [0.717, 1.165) is 125 Å². The average molecular weight is 1680 g/mol. The van der Waals surface area contributed by atoms with Gasteiger partial charge in [0.15, 0.2) is 5.78 Å². The van der Waals surface area contributed by atoms with Gasteiger partial charge >= 0.3 is 0 Å². The molecule has 12 aliphatic carbocycles. The van der Waals surface area contributed by atoms with E-state index in [9.17, 15) is 25.2 Å². The molecule has 126 heavy (non-hydrogen) atoms. The number of Topliss-reactive ketones (excluding diaryl/α,β-unsaturated/α-hetero) is 1. The van der Waals surface area contributed by atoms with Crippen LogP contribution in [-0.4, -0.2) is 128 Å². The van der Waals surface area contributed by atoms with Gasteiger partial charge in [-0.05, 0) is 330 Å². The van der Waals surface area contributed by atoms with Crippen molar-refractivity contribution in [2.75, 3.05) is 0 Å². The van der Waals surface area contributed by atoms with Crippen molar-refractivity contribution in [2.24, 2.45) is 62.5 Å². The quantitative estimate of drug-likeness (QED) is 0.0863. The van der Waals surface area contributed by atoms with Crippen LogP contribution < -0.4 is 17.2 Å². The van der Waals surface area contributed by atoms with Crippen molar-refractivity contribution in [3.8, 4) is 0 Å². The monoisotopic (exact) mass is 1680 g/mol. The van der Waals surface area contributed by atoms with Gasteiger partial charge in [0.1, 0.15) is 24.1 Å². The zero-order valence-corrected chi connectivity index (χ0v) is 73.1. The van der Waals surface area contributed by atoms with Gasteiger partial charge < -0.3 is 56.6 Å². The first kappa shape index (κ1) is 80.3. The van der Waals surface area contributed by atoms with Crippen LogP contribution in [0.4, 0.5) is 0 Å². The van der Waals surface area contributed by atoms with E-state index < -0.39 is 47.7 Å². The second kappa shape index (κ2) is 28.7. The second-order valence-electron chi connectivity index (χ2n) is 42.9. The molecule has 16 heteroatoms. The number of benzene rings is 4. The molecule has 648 valence electrons. The van der Waals surface area contributed by atoms with Gasteiger partial charge in [-0.2, -0.15) is 0 Å². The molecular weight excluding hydrogens is 1560 g/mol. The van der Waals surface area contributed by atoms with E-state index in [4.69, 9.17) is 36.1 Å². The Bertz CT molecular complexity index is 6210. The molecule has 6 spiro atoms. The smallest absolute Gasteiger partial charge is 0.166 e. The molecular formula is C110H119N7O9. The number of hydrogen-bond donors (Lipinski definition) is 7. The maximum Gasteiger partial charge on any atom is 0.166 e. The third-order valence-corrected chi connectivity index (χ3v) is 37.0. The molecule has 27 rings (SSSR count). The van der Waals surface area contributed by atoms with Crippen molar-refractivity contribution in [1.29, 1.82) is 0 Å². The highest BCUT2D eigenvalue weighted by Gasteiger charge is 2.71. The van der Waals surface area contributed by atoms with Gasteiger partial charge in [0, 0.05) is 119 Å². The number of pyridine rings is 4. The van der Waals surface area contributed by atoms with Crippen LogP contribution in [0.3, 0.4) is 0 Å². The van der Waals surface area contributed by atoms with Crippen LogP contribution >= 0.6 is 0 Å². The van der Waals surface area contributed by atoms with E-state index in [1.807, 2.05) is 49.6 Å². The first-order chi connectivity index (χ1) is 60.9. The summed E-state index contributed by atoms with van der Waals surface area (Å²) < 4.78 is 28.0. The number of fused-ring (bicyclic) bond motifs is 10. The first-order valence-electron chi connectivity index (χ1n) is 47.6. The molecule has 3 saturated heterocycles. The molecule has 0 amide bonds. The van der Waals surface area contributed by atoms with Gasteiger partial charge in [-0.3, -0.25) is 24.7 Å². The highest BCUT2D eigenvalue weighted by molar-refractivity contribution is 5.99. The molecule has 4 aromatic carbocycles. The number of carbonyl (C=O) groups excluding carboxylic acids is 1.